The van der Waals surface area contributed by atoms with Gasteiger partial charge in [0.2, 0.25) is 0 Å². The van der Waals surface area contributed by atoms with Gasteiger partial charge in [-0.25, -0.2) is 4.79 Å². The highest BCUT2D eigenvalue weighted by atomic mass is 19.4. The molecule has 0 unspecified atom stereocenters. The van der Waals surface area contributed by atoms with Crippen LogP contribution in [0, 0.1) is 0 Å². The Kier molecular flexibility index (Phi) is 6.56. The van der Waals surface area contributed by atoms with Crippen molar-refractivity contribution in [2.24, 2.45) is 0 Å². The molecule has 0 bridgehead atoms. The minimum atomic E-state index is -4.55. The number of methoxy groups -OCH3 is 1. The average molecular weight is 466 g/mol. The summed E-state index contributed by atoms with van der Waals surface area (Å²) in [4.78, 5) is 25.0. The van der Waals surface area contributed by atoms with Gasteiger partial charge < -0.3 is 20.2 Å². The van der Waals surface area contributed by atoms with Gasteiger partial charge in [0.25, 0.3) is 0 Å². The van der Waals surface area contributed by atoms with Crippen molar-refractivity contribution in [2.45, 2.75) is 38.2 Å². The number of likely N-dealkylation sites (tertiary alicyclic amines) is 1. The van der Waals surface area contributed by atoms with Crippen LogP contribution in [0.2, 0.25) is 0 Å². The third kappa shape index (κ3) is 5.63. The first-order valence-corrected chi connectivity index (χ1v) is 10.5. The van der Waals surface area contributed by atoms with E-state index in [1.807, 2.05) is 24.3 Å². The summed E-state index contributed by atoms with van der Waals surface area (Å²) in [5.41, 5.74) is 7.50. The van der Waals surface area contributed by atoms with Gasteiger partial charge in [-0.15, -0.1) is 0 Å². The summed E-state index contributed by atoms with van der Waals surface area (Å²) in [6.45, 7) is 1.38. The lowest BCUT2D eigenvalue weighted by Gasteiger charge is -2.31. The third-order valence-electron chi connectivity index (χ3n) is 5.63. The number of alkyl halides is 3. The summed E-state index contributed by atoms with van der Waals surface area (Å²) in [7, 11) is 1.74. The van der Waals surface area contributed by atoms with Crippen LogP contribution in [0.25, 0.3) is 11.2 Å². The number of hydrogen-bond acceptors (Lipinski definition) is 7. The van der Waals surface area contributed by atoms with E-state index in [0.717, 1.165) is 43.6 Å². The maximum absolute atomic E-state index is 12.5. The van der Waals surface area contributed by atoms with Crippen molar-refractivity contribution in [2.75, 3.05) is 32.5 Å². The molecule has 2 aromatic heterocycles. The van der Waals surface area contributed by atoms with Crippen LogP contribution in [0.5, 0.6) is 6.01 Å². The Bertz CT molecular complexity index is 1150. The number of H-pyrrole nitrogens is 1. The number of nitrogens with two attached hydrogens (primary N) is 1. The lowest BCUT2D eigenvalue weighted by Crippen LogP contribution is -2.36. The second-order valence-corrected chi connectivity index (χ2v) is 8.04. The molecule has 1 aliphatic heterocycles. The van der Waals surface area contributed by atoms with Crippen molar-refractivity contribution in [3.8, 4) is 6.01 Å². The van der Waals surface area contributed by atoms with E-state index in [4.69, 9.17) is 10.5 Å². The van der Waals surface area contributed by atoms with Gasteiger partial charge in [0.05, 0.1) is 12.6 Å². The average Bonchev–Trinajstić information content (AvgIpc) is 3.09. The number of aromatic amines is 1. The van der Waals surface area contributed by atoms with E-state index in [9.17, 15) is 18.0 Å². The zero-order chi connectivity index (χ0) is 23.6. The second kappa shape index (κ2) is 9.40. The maximum Gasteiger partial charge on any atom is 0.422 e. The van der Waals surface area contributed by atoms with E-state index < -0.39 is 24.5 Å². The number of nitrogen functional groups attached to an aromatic ring is 1. The fourth-order valence-electron chi connectivity index (χ4n) is 3.88. The Hall–Kier alpha value is -3.12. The molecule has 178 valence electrons. The number of halogens is 3. The Balaban J connectivity index is 1.48. The zero-order valence-corrected chi connectivity index (χ0v) is 18.1. The summed E-state index contributed by atoms with van der Waals surface area (Å²) in [6, 6.07) is 7.28. The van der Waals surface area contributed by atoms with Gasteiger partial charge in [0.1, 0.15) is 5.52 Å². The maximum atomic E-state index is 12.5. The molecule has 12 heteroatoms. The van der Waals surface area contributed by atoms with Crippen LogP contribution >= 0.6 is 0 Å². The largest absolute Gasteiger partial charge is 0.454 e. The predicted octanol–water partition coefficient (Wildman–Crippen LogP) is 2.30. The van der Waals surface area contributed by atoms with Gasteiger partial charge in [0.15, 0.2) is 18.1 Å². The van der Waals surface area contributed by atoms with E-state index in [0.29, 0.717) is 6.10 Å². The van der Waals surface area contributed by atoms with Crippen molar-refractivity contribution in [3.63, 3.8) is 0 Å². The van der Waals surface area contributed by atoms with Gasteiger partial charge in [-0.2, -0.15) is 23.1 Å². The van der Waals surface area contributed by atoms with E-state index in [-0.39, 0.29) is 23.5 Å². The fraction of sp³-hybridized carbons (Fsp3) is 0.476. The molecule has 1 fully saturated rings. The van der Waals surface area contributed by atoms with Crippen LogP contribution in [-0.4, -0.2) is 63.5 Å². The number of hydrogen-bond donors (Lipinski definition) is 2. The molecule has 1 saturated heterocycles. The molecule has 0 amide bonds. The molecule has 33 heavy (non-hydrogen) atoms. The van der Waals surface area contributed by atoms with Crippen molar-refractivity contribution in [1.82, 2.24) is 24.4 Å². The van der Waals surface area contributed by atoms with E-state index in [1.165, 1.54) is 4.57 Å². The van der Waals surface area contributed by atoms with Crippen molar-refractivity contribution in [1.29, 1.82) is 0 Å². The smallest absolute Gasteiger partial charge is 0.422 e. The lowest BCUT2D eigenvalue weighted by molar-refractivity contribution is -0.154. The van der Waals surface area contributed by atoms with E-state index in [1.54, 1.807) is 7.11 Å². The summed E-state index contributed by atoms with van der Waals surface area (Å²) < 4.78 is 48.7. The Morgan fingerprint density at radius 2 is 1.76 bits per heavy atom. The number of nitrogens with one attached hydrogen (secondary N) is 1. The van der Waals surface area contributed by atoms with Crippen LogP contribution in [0.3, 0.4) is 0 Å². The van der Waals surface area contributed by atoms with Gasteiger partial charge in [-0.05, 0) is 24.0 Å². The molecule has 0 atom stereocenters. The number of ether oxygens (including phenoxy) is 2. The number of piperidine rings is 1. The third-order valence-corrected chi connectivity index (χ3v) is 5.63. The first-order valence-electron chi connectivity index (χ1n) is 10.5. The minimum Gasteiger partial charge on any atom is -0.454 e. The van der Waals surface area contributed by atoms with Gasteiger partial charge in [0, 0.05) is 26.7 Å². The normalized spacial score (nSPS) is 15.9. The second-order valence-electron chi connectivity index (χ2n) is 8.04. The van der Waals surface area contributed by atoms with Crippen LogP contribution in [-0.2, 0) is 17.8 Å². The number of rotatable bonds is 7. The molecular formula is C21H25F3N6O3. The molecule has 1 aromatic carbocycles. The van der Waals surface area contributed by atoms with Gasteiger partial charge in [-0.1, -0.05) is 24.3 Å². The topological polar surface area (TPSA) is 111 Å². The summed E-state index contributed by atoms with van der Waals surface area (Å²) in [5.74, 6) is -0.166. The number of aromatic nitrogens is 4. The molecule has 1 aliphatic rings. The Morgan fingerprint density at radius 1 is 1.12 bits per heavy atom. The molecule has 0 aliphatic carbocycles. The number of nitrogens with zero attached hydrogens (tertiary/aromatic N) is 4. The van der Waals surface area contributed by atoms with Crippen molar-refractivity contribution in [3.05, 3.63) is 45.9 Å². The molecule has 0 radical (unpaired) electrons. The molecular weight excluding hydrogens is 441 g/mol. The fourth-order valence-corrected chi connectivity index (χ4v) is 3.88. The van der Waals surface area contributed by atoms with Crippen molar-refractivity contribution >= 4 is 17.0 Å². The number of fused-ring (bicyclic) bond motifs is 1. The zero-order valence-electron chi connectivity index (χ0n) is 18.1. The SMILES string of the molecule is COC1CCN(Cc2ccc(Cn3c(=O)[nH]c4c(N)nc(OCC(F)(F)F)nc43)cc2)CC1. The number of imidazole rings is 1. The Morgan fingerprint density at radius 3 is 2.36 bits per heavy atom. The molecule has 3 heterocycles. The molecule has 9 nitrogen and oxygen atoms in total. The van der Waals surface area contributed by atoms with E-state index in [2.05, 4.69) is 24.6 Å². The standard InChI is InChI=1S/C21H25F3N6O3/c1-32-15-6-8-29(9-7-15)10-13-2-4-14(5-3-13)11-30-18-16(26-20(30)31)17(25)27-19(28-18)33-12-21(22,23)24/h2-5,15H,6-12H2,1H3,(H,26,31)(H2,25,27,28). The predicted molar refractivity (Wildman–Crippen MR) is 115 cm³/mol. The van der Waals surface area contributed by atoms with Crippen LogP contribution in [0.4, 0.5) is 19.0 Å². The lowest BCUT2D eigenvalue weighted by atomic mass is 10.1. The monoisotopic (exact) mass is 466 g/mol. The highest BCUT2D eigenvalue weighted by Gasteiger charge is 2.29. The van der Waals surface area contributed by atoms with Crippen LogP contribution in [0.1, 0.15) is 24.0 Å². The molecule has 0 spiro atoms. The Labute approximate surface area is 187 Å². The van der Waals surface area contributed by atoms with Gasteiger partial charge >= 0.3 is 17.9 Å². The van der Waals surface area contributed by atoms with E-state index >= 15 is 0 Å². The highest BCUT2D eigenvalue weighted by molar-refractivity contribution is 5.81. The minimum absolute atomic E-state index is 0.0785. The number of anilines is 1. The summed E-state index contributed by atoms with van der Waals surface area (Å²) in [5, 5.41) is 0. The van der Waals surface area contributed by atoms with Crippen LogP contribution in [0.15, 0.2) is 29.1 Å². The molecule has 3 aromatic rings. The molecule has 3 N–H and O–H groups in total. The summed E-state index contributed by atoms with van der Waals surface area (Å²) >= 11 is 0. The van der Waals surface area contributed by atoms with Crippen LogP contribution < -0.4 is 16.2 Å². The molecule has 0 saturated carbocycles. The summed E-state index contributed by atoms with van der Waals surface area (Å²) in [6.07, 6.45) is -2.20. The quantitative estimate of drug-likeness (QED) is 0.550. The first kappa shape index (κ1) is 23.1. The first-order chi connectivity index (χ1) is 15.7. The molecule has 4 rings (SSSR count). The van der Waals surface area contributed by atoms with Crippen molar-refractivity contribution < 1.29 is 22.6 Å². The van der Waals surface area contributed by atoms with Gasteiger partial charge in [-0.3, -0.25) is 9.47 Å². The number of benzene rings is 1. The highest BCUT2D eigenvalue weighted by Crippen LogP contribution is 2.21.